The second kappa shape index (κ2) is 5.54. The lowest BCUT2D eigenvalue weighted by molar-refractivity contribution is -0.184. The van der Waals surface area contributed by atoms with Gasteiger partial charge >= 0.3 is 6.18 Å². The Kier molecular flexibility index (Phi) is 4.01. The topological polar surface area (TPSA) is 72.7 Å². The van der Waals surface area contributed by atoms with Gasteiger partial charge in [0.15, 0.2) is 0 Å². The Labute approximate surface area is 107 Å². The summed E-state index contributed by atoms with van der Waals surface area (Å²) < 4.78 is 39.1. The van der Waals surface area contributed by atoms with Gasteiger partial charge in [0.05, 0.1) is 5.92 Å². The second-order valence-corrected chi connectivity index (χ2v) is 4.68. The first-order valence-electron chi connectivity index (χ1n) is 6.02. The van der Waals surface area contributed by atoms with E-state index in [0.717, 1.165) is 0 Å². The lowest BCUT2D eigenvalue weighted by atomic mass is 9.85. The quantitative estimate of drug-likeness (QED) is 0.891. The normalized spacial score (nSPS) is 24.2. The van der Waals surface area contributed by atoms with E-state index in [1.165, 1.54) is 11.0 Å². The van der Waals surface area contributed by atoms with Gasteiger partial charge in [-0.15, -0.1) is 5.10 Å². The maximum Gasteiger partial charge on any atom is 0.391 e. The minimum Gasteiger partial charge on any atom is -0.352 e. The summed E-state index contributed by atoms with van der Waals surface area (Å²) >= 11 is 0. The van der Waals surface area contributed by atoms with E-state index in [1.54, 1.807) is 0 Å². The van der Waals surface area contributed by atoms with E-state index in [-0.39, 0.29) is 25.3 Å². The van der Waals surface area contributed by atoms with Gasteiger partial charge in [0.1, 0.15) is 12.9 Å². The van der Waals surface area contributed by atoms with Gasteiger partial charge in [0.25, 0.3) is 0 Å². The molecule has 0 radical (unpaired) electrons. The molecular formula is C10H14F3N5O. The maximum absolute atomic E-state index is 12.6. The van der Waals surface area contributed by atoms with E-state index in [4.69, 9.17) is 0 Å². The number of amides is 1. The molecule has 9 heteroatoms. The summed E-state index contributed by atoms with van der Waals surface area (Å²) in [6.45, 7) is -0.0832. The van der Waals surface area contributed by atoms with Gasteiger partial charge < -0.3 is 5.32 Å². The predicted molar refractivity (Wildman–Crippen MR) is 57.8 cm³/mol. The van der Waals surface area contributed by atoms with Gasteiger partial charge in [0, 0.05) is 6.04 Å². The summed E-state index contributed by atoms with van der Waals surface area (Å²) in [6.07, 6.45) is -1.76. The van der Waals surface area contributed by atoms with Crippen LogP contribution in [0.1, 0.15) is 25.7 Å². The molecule has 0 saturated heterocycles. The largest absolute Gasteiger partial charge is 0.391 e. The third kappa shape index (κ3) is 3.90. The number of carbonyl (C=O) groups excluding carboxylic acids is 1. The van der Waals surface area contributed by atoms with E-state index in [2.05, 4.69) is 20.8 Å². The van der Waals surface area contributed by atoms with Gasteiger partial charge in [-0.25, -0.2) is 4.68 Å². The number of alkyl halides is 3. The Morgan fingerprint density at radius 3 is 2.84 bits per heavy atom. The molecule has 1 fully saturated rings. The highest BCUT2D eigenvalue weighted by molar-refractivity contribution is 5.75. The van der Waals surface area contributed by atoms with Crippen molar-refractivity contribution in [1.82, 2.24) is 25.5 Å². The van der Waals surface area contributed by atoms with Crippen LogP contribution >= 0.6 is 0 Å². The Hall–Kier alpha value is -1.67. The zero-order chi connectivity index (χ0) is 13.9. The molecule has 1 heterocycles. The molecule has 1 amide bonds. The monoisotopic (exact) mass is 277 g/mol. The molecule has 0 aromatic carbocycles. The molecule has 2 atom stereocenters. The molecule has 1 aromatic heterocycles. The van der Waals surface area contributed by atoms with Crippen LogP contribution in [0.4, 0.5) is 13.2 Å². The third-order valence-corrected chi connectivity index (χ3v) is 3.20. The molecule has 1 saturated carbocycles. The molecule has 0 spiro atoms. The van der Waals surface area contributed by atoms with Crippen LogP contribution in [0, 0.1) is 5.92 Å². The van der Waals surface area contributed by atoms with Crippen molar-refractivity contribution in [3.8, 4) is 0 Å². The Morgan fingerprint density at radius 1 is 1.42 bits per heavy atom. The molecule has 19 heavy (non-hydrogen) atoms. The van der Waals surface area contributed by atoms with Crippen LogP contribution in [-0.2, 0) is 11.3 Å². The molecule has 106 valence electrons. The molecular weight excluding hydrogens is 263 g/mol. The number of halogens is 3. The van der Waals surface area contributed by atoms with Crippen molar-refractivity contribution in [2.75, 3.05) is 0 Å². The van der Waals surface area contributed by atoms with E-state index < -0.39 is 18.1 Å². The van der Waals surface area contributed by atoms with Gasteiger partial charge in [-0.1, -0.05) is 6.42 Å². The maximum atomic E-state index is 12.6. The standard InChI is InChI=1S/C10H14F3N5O/c11-10(12,13)7-2-1-3-8(4-7)15-9(19)5-18-6-14-16-17-18/h6-8H,1-5H2,(H,15,19)/t7-,8+/m0/s1. The second-order valence-electron chi connectivity index (χ2n) is 4.68. The minimum atomic E-state index is -4.18. The highest BCUT2D eigenvalue weighted by Gasteiger charge is 2.42. The van der Waals surface area contributed by atoms with Crippen molar-refractivity contribution in [2.45, 2.75) is 44.4 Å². The van der Waals surface area contributed by atoms with Gasteiger partial charge in [0.2, 0.25) is 5.91 Å². The smallest absolute Gasteiger partial charge is 0.352 e. The van der Waals surface area contributed by atoms with Crippen molar-refractivity contribution in [3.63, 3.8) is 0 Å². The van der Waals surface area contributed by atoms with E-state index >= 15 is 0 Å². The molecule has 1 N–H and O–H groups in total. The summed E-state index contributed by atoms with van der Waals surface area (Å²) in [5.74, 6) is -1.69. The zero-order valence-corrected chi connectivity index (χ0v) is 10.1. The van der Waals surface area contributed by atoms with Crippen LogP contribution in [0.15, 0.2) is 6.33 Å². The Bertz CT molecular complexity index is 419. The zero-order valence-electron chi connectivity index (χ0n) is 10.1. The SMILES string of the molecule is O=C(Cn1cnnn1)N[C@@H]1CCC[C@H](C(F)(F)F)C1. The number of nitrogens with one attached hydrogen (secondary N) is 1. The highest BCUT2D eigenvalue weighted by Crippen LogP contribution is 2.37. The van der Waals surface area contributed by atoms with Crippen LogP contribution < -0.4 is 5.32 Å². The summed E-state index contributed by atoms with van der Waals surface area (Å²) in [4.78, 5) is 11.6. The summed E-state index contributed by atoms with van der Waals surface area (Å²) in [7, 11) is 0. The minimum absolute atomic E-state index is 0.0507. The van der Waals surface area contributed by atoms with Gasteiger partial charge in [-0.2, -0.15) is 13.2 Å². The number of hydrogen-bond donors (Lipinski definition) is 1. The fourth-order valence-corrected chi connectivity index (χ4v) is 2.29. The fraction of sp³-hybridized carbons (Fsp3) is 0.800. The van der Waals surface area contributed by atoms with E-state index in [1.807, 2.05) is 0 Å². The number of nitrogens with zero attached hydrogens (tertiary/aromatic N) is 4. The number of aromatic nitrogens is 4. The summed E-state index contributed by atoms with van der Waals surface area (Å²) in [5, 5.41) is 12.9. The van der Waals surface area contributed by atoms with Crippen molar-refractivity contribution >= 4 is 5.91 Å². The fourth-order valence-electron chi connectivity index (χ4n) is 2.29. The van der Waals surface area contributed by atoms with Crippen molar-refractivity contribution in [3.05, 3.63) is 6.33 Å². The number of hydrogen-bond acceptors (Lipinski definition) is 4. The lowest BCUT2D eigenvalue weighted by Gasteiger charge is -2.30. The predicted octanol–water partition coefficient (Wildman–Crippen LogP) is 0.910. The molecule has 6 nitrogen and oxygen atoms in total. The van der Waals surface area contributed by atoms with Gasteiger partial charge in [-0.05, 0) is 29.7 Å². The molecule has 1 aromatic rings. The molecule has 0 aliphatic heterocycles. The number of rotatable bonds is 3. The van der Waals surface area contributed by atoms with Crippen LogP contribution in [0.5, 0.6) is 0 Å². The molecule has 1 aliphatic rings. The van der Waals surface area contributed by atoms with E-state index in [0.29, 0.717) is 12.8 Å². The number of tetrazole rings is 1. The number of carbonyl (C=O) groups is 1. The molecule has 0 unspecified atom stereocenters. The summed E-state index contributed by atoms with van der Waals surface area (Å²) in [6, 6.07) is -0.427. The van der Waals surface area contributed by atoms with Crippen LogP contribution in [0.3, 0.4) is 0 Å². The Morgan fingerprint density at radius 2 is 2.21 bits per heavy atom. The first-order valence-corrected chi connectivity index (χ1v) is 6.02. The average Bonchev–Trinajstić information content (AvgIpc) is 2.80. The molecule has 2 rings (SSSR count). The van der Waals surface area contributed by atoms with Crippen molar-refractivity contribution < 1.29 is 18.0 Å². The van der Waals surface area contributed by atoms with Crippen LogP contribution in [0.25, 0.3) is 0 Å². The van der Waals surface area contributed by atoms with Crippen LogP contribution in [0.2, 0.25) is 0 Å². The molecule has 1 aliphatic carbocycles. The third-order valence-electron chi connectivity index (χ3n) is 3.20. The average molecular weight is 277 g/mol. The van der Waals surface area contributed by atoms with Crippen molar-refractivity contribution in [2.24, 2.45) is 5.92 Å². The first kappa shape index (κ1) is 13.8. The van der Waals surface area contributed by atoms with Crippen molar-refractivity contribution in [1.29, 1.82) is 0 Å². The van der Waals surface area contributed by atoms with E-state index in [9.17, 15) is 18.0 Å². The molecule has 0 bridgehead atoms. The van der Waals surface area contributed by atoms with Gasteiger partial charge in [-0.3, -0.25) is 4.79 Å². The lowest BCUT2D eigenvalue weighted by Crippen LogP contribution is -2.42. The first-order chi connectivity index (χ1) is 8.95. The Balaban J connectivity index is 1.83. The van der Waals surface area contributed by atoms with Crippen LogP contribution in [-0.4, -0.2) is 38.3 Å². The highest BCUT2D eigenvalue weighted by atomic mass is 19.4. The summed E-state index contributed by atoms with van der Waals surface area (Å²) in [5.41, 5.74) is 0.